The summed E-state index contributed by atoms with van der Waals surface area (Å²) in [7, 11) is 0. The minimum Gasteiger partial charge on any atom is -0.461 e. The second-order valence-electron chi connectivity index (χ2n) is 10.8. The van der Waals surface area contributed by atoms with Crippen molar-refractivity contribution in [3.63, 3.8) is 0 Å². The van der Waals surface area contributed by atoms with Gasteiger partial charge in [-0.2, -0.15) is 0 Å². The smallest absolute Gasteiger partial charge is 0.409 e. The second kappa shape index (κ2) is 6.38. The molecule has 0 aromatic carbocycles. The summed E-state index contributed by atoms with van der Waals surface area (Å²) >= 11 is 0. The van der Waals surface area contributed by atoms with Crippen molar-refractivity contribution in [3.05, 3.63) is 0 Å². The van der Waals surface area contributed by atoms with Crippen molar-refractivity contribution in [2.45, 2.75) is 94.4 Å². The molecule has 1 amide bonds. The lowest BCUT2D eigenvalue weighted by atomic mass is 9.52. The van der Waals surface area contributed by atoms with Crippen molar-refractivity contribution in [1.82, 2.24) is 10.2 Å². The molecule has 1 saturated carbocycles. The number of fused-ring (bicyclic) bond motifs is 2. The van der Waals surface area contributed by atoms with Gasteiger partial charge in [0.15, 0.2) is 11.3 Å². The number of esters is 2. The van der Waals surface area contributed by atoms with Crippen LogP contribution in [0.3, 0.4) is 0 Å². The van der Waals surface area contributed by atoms with E-state index in [2.05, 4.69) is 10.2 Å². The number of ether oxygens (including phenoxy) is 3. The number of carbonyl (C=O) groups excluding carboxylic acids is 3. The van der Waals surface area contributed by atoms with Crippen LogP contribution in [-0.4, -0.2) is 69.7 Å². The summed E-state index contributed by atoms with van der Waals surface area (Å²) in [6, 6.07) is -0.271. The van der Waals surface area contributed by atoms with Crippen LogP contribution in [0.2, 0.25) is 0 Å². The zero-order valence-electron chi connectivity index (χ0n) is 18.8. The van der Waals surface area contributed by atoms with E-state index in [4.69, 9.17) is 14.2 Å². The first-order chi connectivity index (χ1) is 15.2. The summed E-state index contributed by atoms with van der Waals surface area (Å²) in [5.41, 5.74) is -3.65. The number of rotatable bonds is 2. The van der Waals surface area contributed by atoms with Gasteiger partial charge in [-0.05, 0) is 38.5 Å². The van der Waals surface area contributed by atoms with Crippen LogP contribution in [0.5, 0.6) is 0 Å². The van der Waals surface area contributed by atoms with Crippen LogP contribution in [0.1, 0.15) is 59.3 Å². The number of amides is 1. The average Bonchev–Trinajstić information content (AvgIpc) is 3.37. The van der Waals surface area contributed by atoms with Crippen LogP contribution in [0.4, 0.5) is 4.79 Å². The number of nitrogens with one attached hydrogen (secondary N) is 1. The Morgan fingerprint density at radius 3 is 2.62 bits per heavy atom. The first-order valence-electron chi connectivity index (χ1n) is 12.1. The van der Waals surface area contributed by atoms with Crippen LogP contribution in [0.25, 0.3) is 0 Å². The summed E-state index contributed by atoms with van der Waals surface area (Å²) in [4.78, 5) is 40.1. The van der Waals surface area contributed by atoms with Crippen molar-refractivity contribution in [2.75, 3.05) is 6.54 Å². The van der Waals surface area contributed by atoms with Gasteiger partial charge in [0, 0.05) is 18.4 Å². The molecule has 6 rings (SSSR count). The number of nitrogens with zero attached hydrogens (tertiary/aromatic N) is 1. The fourth-order valence-electron chi connectivity index (χ4n) is 8.44. The average molecular weight is 449 g/mol. The van der Waals surface area contributed by atoms with Crippen molar-refractivity contribution in [3.8, 4) is 0 Å². The van der Waals surface area contributed by atoms with E-state index in [0.717, 1.165) is 12.8 Å². The lowest BCUT2D eigenvalue weighted by Gasteiger charge is -2.61. The standard InChI is InChI=1S/C23H32N2O7/c1-4-13-17-16(12(3)19(27)31-17)21(29)10-14(15-9-11(2)18(26)30-15)25-8-6-5-7-22(13)23(21,25)24-20(28)32-22/h11-17,29H,4-10H2,1-3H3,(H,24,28). The first kappa shape index (κ1) is 20.7. The molecular weight excluding hydrogens is 416 g/mol. The highest BCUT2D eigenvalue weighted by Crippen LogP contribution is 2.67. The van der Waals surface area contributed by atoms with Crippen LogP contribution >= 0.6 is 0 Å². The van der Waals surface area contributed by atoms with Crippen molar-refractivity contribution in [2.24, 2.45) is 23.7 Å². The summed E-state index contributed by atoms with van der Waals surface area (Å²) in [6.07, 6.45) is 2.39. The SMILES string of the molecule is CCC1C2OC(=O)C(C)C2C2(O)CC(C3CC(C)C(=O)O3)N3CCCCC14OC(=O)NC324. The number of hydrogen-bond donors (Lipinski definition) is 2. The summed E-state index contributed by atoms with van der Waals surface area (Å²) in [5, 5.41) is 15.7. The second-order valence-corrected chi connectivity index (χ2v) is 10.8. The van der Waals surface area contributed by atoms with E-state index < -0.39 is 40.9 Å². The van der Waals surface area contributed by atoms with Crippen LogP contribution < -0.4 is 5.32 Å². The molecule has 2 N–H and O–H groups in total. The molecule has 5 saturated heterocycles. The Kier molecular flexibility index (Phi) is 4.13. The Morgan fingerprint density at radius 1 is 1.16 bits per heavy atom. The fourth-order valence-corrected chi connectivity index (χ4v) is 8.44. The van der Waals surface area contributed by atoms with Gasteiger partial charge in [-0.1, -0.05) is 20.8 Å². The van der Waals surface area contributed by atoms with Gasteiger partial charge >= 0.3 is 18.0 Å². The molecular formula is C23H32N2O7. The summed E-state index contributed by atoms with van der Waals surface area (Å²) in [5.74, 6) is -1.94. The maximum atomic E-state index is 12.9. The Balaban J connectivity index is 1.57. The summed E-state index contributed by atoms with van der Waals surface area (Å²) in [6.45, 7) is 6.35. The van der Waals surface area contributed by atoms with Crippen molar-refractivity contribution >= 4 is 18.0 Å². The molecule has 10 atom stereocenters. The van der Waals surface area contributed by atoms with Gasteiger partial charge in [0.05, 0.1) is 17.9 Å². The number of aliphatic hydroxyl groups is 1. The number of hydrogen-bond acceptors (Lipinski definition) is 8. The minimum absolute atomic E-state index is 0.202. The predicted molar refractivity (Wildman–Crippen MR) is 109 cm³/mol. The zero-order chi connectivity index (χ0) is 22.6. The van der Waals surface area contributed by atoms with Gasteiger partial charge in [-0.25, -0.2) is 4.79 Å². The van der Waals surface area contributed by atoms with Gasteiger partial charge in [-0.3, -0.25) is 19.8 Å². The molecule has 10 unspecified atom stereocenters. The highest BCUT2D eigenvalue weighted by atomic mass is 16.6. The largest absolute Gasteiger partial charge is 0.461 e. The topological polar surface area (TPSA) is 114 Å². The lowest BCUT2D eigenvalue weighted by Crippen LogP contribution is -2.82. The third kappa shape index (κ3) is 2.11. The zero-order valence-corrected chi connectivity index (χ0v) is 18.8. The van der Waals surface area contributed by atoms with E-state index in [9.17, 15) is 19.5 Å². The van der Waals surface area contributed by atoms with E-state index in [1.807, 2.05) is 20.8 Å². The number of cyclic esters (lactones) is 1. The van der Waals surface area contributed by atoms with Gasteiger partial charge in [-0.15, -0.1) is 0 Å². The molecule has 9 heteroatoms. The third-order valence-electron chi connectivity index (χ3n) is 9.53. The molecule has 0 aromatic rings. The highest BCUT2D eigenvalue weighted by Gasteiger charge is 2.86. The number of carbonyl (C=O) groups is 3. The van der Waals surface area contributed by atoms with E-state index in [-0.39, 0.29) is 35.9 Å². The van der Waals surface area contributed by atoms with Gasteiger partial charge in [0.2, 0.25) is 0 Å². The normalized spacial score (nSPS) is 54.1. The molecule has 0 bridgehead atoms. The van der Waals surface area contributed by atoms with Crippen LogP contribution in [0.15, 0.2) is 0 Å². The third-order valence-corrected chi connectivity index (χ3v) is 9.53. The molecule has 6 fully saturated rings. The summed E-state index contributed by atoms with van der Waals surface area (Å²) < 4.78 is 17.8. The molecule has 176 valence electrons. The van der Waals surface area contributed by atoms with E-state index in [1.54, 1.807) is 0 Å². The van der Waals surface area contributed by atoms with Crippen LogP contribution in [-0.2, 0) is 23.8 Å². The Hall–Kier alpha value is -1.87. The first-order valence-corrected chi connectivity index (χ1v) is 12.1. The Morgan fingerprint density at radius 2 is 1.94 bits per heavy atom. The minimum atomic E-state index is -1.45. The number of alkyl carbamates (subject to hydrolysis) is 1. The van der Waals surface area contributed by atoms with Crippen molar-refractivity contribution < 1.29 is 33.7 Å². The maximum Gasteiger partial charge on any atom is 0.409 e. The lowest BCUT2D eigenvalue weighted by molar-refractivity contribution is -0.255. The molecule has 1 aliphatic carbocycles. The molecule has 0 radical (unpaired) electrons. The molecule has 9 nitrogen and oxygen atoms in total. The quantitative estimate of drug-likeness (QED) is 0.480. The molecule has 32 heavy (non-hydrogen) atoms. The Labute approximate surface area is 187 Å². The van der Waals surface area contributed by atoms with Gasteiger partial charge in [0.25, 0.3) is 0 Å². The van der Waals surface area contributed by atoms with Gasteiger partial charge < -0.3 is 19.3 Å². The maximum absolute atomic E-state index is 12.9. The van der Waals surface area contributed by atoms with Crippen LogP contribution in [0, 0.1) is 23.7 Å². The highest BCUT2D eigenvalue weighted by molar-refractivity contribution is 5.78. The predicted octanol–water partition coefficient (Wildman–Crippen LogP) is 1.32. The van der Waals surface area contributed by atoms with E-state index >= 15 is 0 Å². The fraction of sp³-hybridized carbons (Fsp3) is 0.870. The molecule has 1 spiro atoms. The molecule has 6 aliphatic rings. The Bertz CT molecular complexity index is 896. The molecule has 5 aliphatic heterocycles. The van der Waals surface area contributed by atoms with Gasteiger partial charge in [0.1, 0.15) is 17.8 Å². The van der Waals surface area contributed by atoms with Crippen molar-refractivity contribution in [1.29, 1.82) is 0 Å². The van der Waals surface area contributed by atoms with E-state index in [1.165, 1.54) is 0 Å². The van der Waals surface area contributed by atoms with E-state index in [0.29, 0.717) is 32.2 Å². The molecule has 5 heterocycles. The molecule has 0 aromatic heterocycles. The monoisotopic (exact) mass is 448 g/mol.